The van der Waals surface area contributed by atoms with Crippen molar-refractivity contribution in [2.45, 2.75) is 6.92 Å². The van der Waals surface area contributed by atoms with Crippen molar-refractivity contribution in [3.63, 3.8) is 0 Å². The van der Waals surface area contributed by atoms with Crippen LogP contribution in [0.2, 0.25) is 0 Å². The smallest absolute Gasteiger partial charge is 0.0713 e. The van der Waals surface area contributed by atoms with E-state index in [0.717, 1.165) is 11.0 Å². The summed E-state index contributed by atoms with van der Waals surface area (Å²) in [6.07, 6.45) is 3.89. The topological polar surface area (TPSA) is 44.5 Å². The molecular weight excluding hydrogens is 162 g/mol. The number of nitrogens with zero attached hydrogens (tertiary/aromatic N) is 1. The Morgan fingerprint density at radius 1 is 1.31 bits per heavy atom. The second kappa shape index (κ2) is 2.13. The average Bonchev–Trinajstić information content (AvgIpc) is 2.70. The maximum absolute atomic E-state index is 4.32. The van der Waals surface area contributed by atoms with E-state index in [1.54, 1.807) is 0 Å². The second-order valence-corrected chi connectivity index (χ2v) is 3.28. The maximum Gasteiger partial charge on any atom is 0.0713 e. The van der Waals surface area contributed by atoms with Crippen LogP contribution in [0.5, 0.6) is 0 Å². The van der Waals surface area contributed by atoms with E-state index in [1.807, 2.05) is 24.5 Å². The molecular formula is C10H9N3. The van der Waals surface area contributed by atoms with Gasteiger partial charge in [-0.15, -0.1) is 0 Å². The van der Waals surface area contributed by atoms with E-state index in [4.69, 9.17) is 0 Å². The molecule has 0 aliphatic carbocycles. The number of H-pyrrole nitrogens is 2. The van der Waals surface area contributed by atoms with Gasteiger partial charge in [-0.25, -0.2) is 0 Å². The molecule has 0 spiro atoms. The van der Waals surface area contributed by atoms with Crippen molar-refractivity contribution in [1.29, 1.82) is 0 Å². The number of aromatic amines is 2. The summed E-state index contributed by atoms with van der Waals surface area (Å²) >= 11 is 0. The Kier molecular flexibility index (Phi) is 1.10. The highest BCUT2D eigenvalue weighted by Gasteiger charge is 2.05. The molecule has 0 unspecified atom stereocenters. The number of nitrogens with one attached hydrogen (secondary N) is 2. The molecule has 1 aromatic carbocycles. The molecule has 3 nitrogen and oxygen atoms in total. The minimum absolute atomic E-state index is 1.07. The summed E-state index contributed by atoms with van der Waals surface area (Å²) in [5.41, 5.74) is 3.43. The molecule has 2 heterocycles. The average molecular weight is 171 g/mol. The molecule has 0 fully saturated rings. The number of hydrogen-bond acceptors (Lipinski definition) is 1. The molecule has 3 heteroatoms. The molecule has 0 aliphatic heterocycles. The summed E-state index contributed by atoms with van der Waals surface area (Å²) in [5.74, 6) is 0. The molecule has 0 atom stereocenters. The van der Waals surface area contributed by atoms with Crippen molar-refractivity contribution in [3.05, 3.63) is 30.1 Å². The van der Waals surface area contributed by atoms with Gasteiger partial charge in [0.2, 0.25) is 0 Å². The number of benzene rings is 1. The van der Waals surface area contributed by atoms with Crippen LogP contribution in [-0.2, 0) is 0 Å². The normalized spacial score (nSPS) is 11.5. The monoisotopic (exact) mass is 171 g/mol. The molecule has 13 heavy (non-hydrogen) atoms. The Labute approximate surface area is 74.8 Å². The van der Waals surface area contributed by atoms with Crippen molar-refractivity contribution in [1.82, 2.24) is 15.2 Å². The minimum Gasteiger partial charge on any atom is -0.307 e. The Morgan fingerprint density at radius 2 is 2.23 bits per heavy atom. The lowest BCUT2D eigenvalue weighted by Crippen LogP contribution is -1.71. The van der Waals surface area contributed by atoms with E-state index in [-0.39, 0.29) is 0 Å². The lowest BCUT2D eigenvalue weighted by atomic mass is 10.1. The first-order valence-electron chi connectivity index (χ1n) is 4.26. The zero-order valence-electron chi connectivity index (χ0n) is 7.26. The second-order valence-electron chi connectivity index (χ2n) is 3.28. The molecule has 0 bridgehead atoms. The first-order valence-corrected chi connectivity index (χ1v) is 4.26. The van der Waals surface area contributed by atoms with E-state index in [2.05, 4.69) is 22.1 Å². The van der Waals surface area contributed by atoms with Crippen molar-refractivity contribution >= 4 is 21.8 Å². The summed E-state index contributed by atoms with van der Waals surface area (Å²) < 4.78 is 0. The highest BCUT2D eigenvalue weighted by Crippen LogP contribution is 2.25. The van der Waals surface area contributed by atoms with Gasteiger partial charge in [-0.05, 0) is 24.6 Å². The van der Waals surface area contributed by atoms with Crippen LogP contribution in [0.15, 0.2) is 24.5 Å². The van der Waals surface area contributed by atoms with Crippen molar-refractivity contribution in [3.8, 4) is 0 Å². The standard InChI is InChI=1S/C10H9N3/c1-6-4-11-9-3-2-8-7(10(6)9)5-12-13-8/h2-5,12-13H,1H3. The molecule has 64 valence electrons. The summed E-state index contributed by atoms with van der Waals surface area (Å²) in [4.78, 5) is 4.32. The minimum atomic E-state index is 1.07. The van der Waals surface area contributed by atoms with Crippen LogP contribution in [0.3, 0.4) is 0 Å². The van der Waals surface area contributed by atoms with E-state index in [0.29, 0.717) is 0 Å². The molecule has 0 radical (unpaired) electrons. The molecule has 3 aromatic rings. The van der Waals surface area contributed by atoms with Crippen molar-refractivity contribution in [2.75, 3.05) is 0 Å². The molecule has 3 rings (SSSR count). The van der Waals surface area contributed by atoms with Gasteiger partial charge in [0, 0.05) is 23.2 Å². The highest BCUT2D eigenvalue weighted by molar-refractivity contribution is 6.06. The Hall–Kier alpha value is -1.77. The molecule has 0 saturated carbocycles. The van der Waals surface area contributed by atoms with Crippen LogP contribution in [0.4, 0.5) is 0 Å². The quantitative estimate of drug-likeness (QED) is 0.535. The van der Waals surface area contributed by atoms with Gasteiger partial charge < -0.3 is 10.2 Å². The third kappa shape index (κ3) is 0.758. The number of hydrogen-bond donors (Lipinski definition) is 2. The Bertz CT molecular complexity index is 574. The van der Waals surface area contributed by atoms with Gasteiger partial charge in [0.1, 0.15) is 0 Å². The van der Waals surface area contributed by atoms with Gasteiger partial charge >= 0.3 is 0 Å². The lowest BCUT2D eigenvalue weighted by Gasteiger charge is -1.92. The zero-order chi connectivity index (χ0) is 8.84. The van der Waals surface area contributed by atoms with Crippen LogP contribution in [0.25, 0.3) is 21.8 Å². The Balaban J connectivity index is 2.70. The summed E-state index contributed by atoms with van der Waals surface area (Å²) in [5, 5.41) is 8.53. The van der Waals surface area contributed by atoms with Gasteiger partial charge in [0.15, 0.2) is 0 Å². The van der Waals surface area contributed by atoms with Crippen LogP contribution in [0, 0.1) is 6.92 Å². The third-order valence-electron chi connectivity index (χ3n) is 2.44. The van der Waals surface area contributed by atoms with Gasteiger partial charge in [-0.1, -0.05) is 0 Å². The third-order valence-corrected chi connectivity index (χ3v) is 2.44. The molecule has 2 aromatic heterocycles. The lowest BCUT2D eigenvalue weighted by molar-refractivity contribution is 1.12. The SMILES string of the molecule is Cc1cnc2ccc3[nH][nH]cc3c12. The predicted molar refractivity (Wildman–Crippen MR) is 52.7 cm³/mol. The fraction of sp³-hybridized carbons (Fsp3) is 0.100. The molecule has 0 aliphatic rings. The Morgan fingerprint density at radius 3 is 3.15 bits per heavy atom. The van der Waals surface area contributed by atoms with E-state index < -0.39 is 0 Å². The predicted octanol–water partition coefficient (Wildman–Crippen LogP) is 2.35. The first kappa shape index (κ1) is 6.71. The van der Waals surface area contributed by atoms with Crippen molar-refractivity contribution < 1.29 is 0 Å². The number of rotatable bonds is 0. The van der Waals surface area contributed by atoms with E-state index in [1.165, 1.54) is 16.3 Å². The summed E-state index contributed by atoms with van der Waals surface area (Å²) in [6.45, 7) is 2.09. The maximum atomic E-state index is 4.32. The fourth-order valence-electron chi connectivity index (χ4n) is 1.81. The zero-order valence-corrected chi connectivity index (χ0v) is 7.26. The largest absolute Gasteiger partial charge is 0.307 e. The number of aromatic nitrogens is 3. The van der Waals surface area contributed by atoms with Crippen LogP contribution in [-0.4, -0.2) is 15.2 Å². The molecule has 2 N–H and O–H groups in total. The van der Waals surface area contributed by atoms with E-state index >= 15 is 0 Å². The molecule has 0 amide bonds. The van der Waals surface area contributed by atoms with Crippen molar-refractivity contribution in [2.24, 2.45) is 0 Å². The van der Waals surface area contributed by atoms with Crippen LogP contribution in [0.1, 0.15) is 5.56 Å². The van der Waals surface area contributed by atoms with Gasteiger partial charge in [-0.3, -0.25) is 4.98 Å². The summed E-state index contributed by atoms with van der Waals surface area (Å²) in [6, 6.07) is 4.08. The van der Waals surface area contributed by atoms with E-state index in [9.17, 15) is 0 Å². The van der Waals surface area contributed by atoms with Crippen LogP contribution < -0.4 is 0 Å². The number of fused-ring (bicyclic) bond motifs is 3. The number of aryl methyl sites for hydroxylation is 1. The molecule has 0 saturated heterocycles. The van der Waals surface area contributed by atoms with Gasteiger partial charge in [0.25, 0.3) is 0 Å². The van der Waals surface area contributed by atoms with Gasteiger partial charge in [-0.2, -0.15) is 0 Å². The fourth-order valence-corrected chi connectivity index (χ4v) is 1.81. The van der Waals surface area contributed by atoms with Gasteiger partial charge in [0.05, 0.1) is 11.0 Å². The summed E-state index contributed by atoms with van der Waals surface area (Å²) in [7, 11) is 0. The highest BCUT2D eigenvalue weighted by atomic mass is 15.1. The van der Waals surface area contributed by atoms with Crippen LogP contribution >= 0.6 is 0 Å². The first-order chi connectivity index (χ1) is 6.36.